The SMILES string of the molecule is NCCCCCCSSc1ccccn1. The Balaban J connectivity index is 1.93. The number of hydrogen-bond donors (Lipinski definition) is 1. The Labute approximate surface area is 99.8 Å². The van der Waals surface area contributed by atoms with E-state index in [0.29, 0.717) is 0 Å². The summed E-state index contributed by atoms with van der Waals surface area (Å²) in [5, 5.41) is 1.10. The molecule has 1 aromatic heterocycles. The maximum atomic E-state index is 5.43. The fourth-order valence-corrected chi connectivity index (χ4v) is 3.18. The highest BCUT2D eigenvalue weighted by Crippen LogP contribution is 2.29. The first-order valence-corrected chi connectivity index (χ1v) is 7.66. The molecule has 0 saturated carbocycles. The quantitative estimate of drug-likeness (QED) is 0.560. The fraction of sp³-hybridized carbons (Fsp3) is 0.545. The van der Waals surface area contributed by atoms with Crippen molar-refractivity contribution >= 4 is 21.6 Å². The van der Waals surface area contributed by atoms with Gasteiger partial charge >= 0.3 is 0 Å². The molecule has 0 saturated heterocycles. The molecule has 0 spiro atoms. The van der Waals surface area contributed by atoms with Crippen LogP contribution in [-0.2, 0) is 0 Å². The Kier molecular flexibility index (Phi) is 7.78. The number of unbranched alkanes of at least 4 members (excludes halogenated alkanes) is 3. The van der Waals surface area contributed by atoms with Crippen molar-refractivity contribution in [3.05, 3.63) is 24.4 Å². The molecule has 0 aliphatic heterocycles. The van der Waals surface area contributed by atoms with Crippen molar-refractivity contribution in [2.24, 2.45) is 5.73 Å². The second-order valence-corrected chi connectivity index (χ2v) is 5.71. The zero-order valence-electron chi connectivity index (χ0n) is 8.89. The first-order valence-electron chi connectivity index (χ1n) is 5.34. The topological polar surface area (TPSA) is 38.9 Å². The van der Waals surface area contributed by atoms with Crippen LogP contribution in [0.25, 0.3) is 0 Å². The summed E-state index contributed by atoms with van der Waals surface area (Å²) in [5.74, 6) is 1.20. The van der Waals surface area contributed by atoms with Gasteiger partial charge in [-0.3, -0.25) is 0 Å². The van der Waals surface area contributed by atoms with Crippen LogP contribution in [0.15, 0.2) is 29.4 Å². The molecule has 0 radical (unpaired) electrons. The molecule has 0 aliphatic carbocycles. The second-order valence-electron chi connectivity index (χ2n) is 3.28. The summed E-state index contributed by atoms with van der Waals surface area (Å²) < 4.78 is 0. The zero-order valence-corrected chi connectivity index (χ0v) is 10.5. The highest BCUT2D eigenvalue weighted by atomic mass is 33.1. The molecule has 0 atom stereocenters. The summed E-state index contributed by atoms with van der Waals surface area (Å²) in [6.07, 6.45) is 6.85. The van der Waals surface area contributed by atoms with E-state index in [1.54, 1.807) is 10.8 Å². The van der Waals surface area contributed by atoms with E-state index in [9.17, 15) is 0 Å². The lowest BCUT2D eigenvalue weighted by Crippen LogP contribution is -1.97. The van der Waals surface area contributed by atoms with Gasteiger partial charge in [0, 0.05) is 11.9 Å². The Morgan fingerprint density at radius 3 is 2.73 bits per heavy atom. The van der Waals surface area contributed by atoms with Gasteiger partial charge in [-0.1, -0.05) is 29.7 Å². The second kappa shape index (κ2) is 9.07. The van der Waals surface area contributed by atoms with Gasteiger partial charge in [-0.15, -0.1) is 0 Å². The monoisotopic (exact) mass is 242 g/mol. The van der Waals surface area contributed by atoms with Crippen molar-refractivity contribution in [1.82, 2.24) is 4.98 Å². The normalized spacial score (nSPS) is 10.5. The smallest absolute Gasteiger partial charge is 0.106 e. The minimum absolute atomic E-state index is 0.829. The minimum atomic E-state index is 0.829. The van der Waals surface area contributed by atoms with Crippen LogP contribution in [0.4, 0.5) is 0 Å². The van der Waals surface area contributed by atoms with Crippen molar-refractivity contribution in [3.63, 3.8) is 0 Å². The third-order valence-corrected chi connectivity index (χ3v) is 4.32. The zero-order chi connectivity index (χ0) is 10.8. The molecule has 0 aromatic carbocycles. The summed E-state index contributed by atoms with van der Waals surface area (Å²) in [6.45, 7) is 0.829. The van der Waals surface area contributed by atoms with E-state index in [1.165, 1.54) is 25.0 Å². The molecule has 4 heteroatoms. The van der Waals surface area contributed by atoms with E-state index in [4.69, 9.17) is 5.73 Å². The maximum absolute atomic E-state index is 5.43. The highest BCUT2D eigenvalue weighted by Gasteiger charge is 1.94. The molecule has 0 unspecified atom stereocenters. The predicted octanol–water partition coefficient (Wildman–Crippen LogP) is 3.34. The van der Waals surface area contributed by atoms with Crippen LogP contribution in [0.1, 0.15) is 25.7 Å². The molecule has 84 valence electrons. The van der Waals surface area contributed by atoms with Crippen LogP contribution < -0.4 is 5.73 Å². The van der Waals surface area contributed by atoms with Gasteiger partial charge in [-0.2, -0.15) is 0 Å². The molecule has 2 nitrogen and oxygen atoms in total. The van der Waals surface area contributed by atoms with Crippen LogP contribution in [0, 0.1) is 0 Å². The molecule has 0 amide bonds. The Hall–Kier alpha value is -0.190. The molecular formula is C11H18N2S2. The average molecular weight is 242 g/mol. The molecule has 0 fully saturated rings. The average Bonchev–Trinajstić information content (AvgIpc) is 2.29. The summed E-state index contributed by atoms with van der Waals surface area (Å²) in [4.78, 5) is 4.25. The van der Waals surface area contributed by atoms with Gasteiger partial charge in [0.2, 0.25) is 0 Å². The van der Waals surface area contributed by atoms with E-state index in [1.807, 2.05) is 35.2 Å². The van der Waals surface area contributed by atoms with Gasteiger partial charge in [0.05, 0.1) is 0 Å². The van der Waals surface area contributed by atoms with Crippen molar-refractivity contribution in [2.45, 2.75) is 30.7 Å². The van der Waals surface area contributed by atoms with Crippen LogP contribution in [0.3, 0.4) is 0 Å². The van der Waals surface area contributed by atoms with Gasteiger partial charge in [0.15, 0.2) is 0 Å². The Morgan fingerprint density at radius 2 is 2.00 bits per heavy atom. The van der Waals surface area contributed by atoms with Gasteiger partial charge in [-0.05, 0) is 42.3 Å². The number of rotatable bonds is 8. The van der Waals surface area contributed by atoms with Gasteiger partial charge in [-0.25, -0.2) is 4.98 Å². The highest BCUT2D eigenvalue weighted by molar-refractivity contribution is 8.76. The molecule has 1 aromatic rings. The van der Waals surface area contributed by atoms with E-state index in [0.717, 1.165) is 18.0 Å². The summed E-state index contributed by atoms with van der Waals surface area (Å²) in [5.41, 5.74) is 5.43. The first kappa shape index (κ1) is 12.9. The van der Waals surface area contributed by atoms with Crippen LogP contribution >= 0.6 is 21.6 Å². The lowest BCUT2D eigenvalue weighted by atomic mass is 10.2. The number of nitrogens with zero attached hydrogens (tertiary/aromatic N) is 1. The van der Waals surface area contributed by atoms with Crippen molar-refractivity contribution < 1.29 is 0 Å². The lowest BCUT2D eigenvalue weighted by Gasteiger charge is -2.00. The van der Waals surface area contributed by atoms with E-state index in [-0.39, 0.29) is 0 Å². The molecule has 2 N–H and O–H groups in total. The van der Waals surface area contributed by atoms with E-state index < -0.39 is 0 Å². The minimum Gasteiger partial charge on any atom is -0.330 e. The van der Waals surface area contributed by atoms with Crippen molar-refractivity contribution in [3.8, 4) is 0 Å². The first-order chi connectivity index (χ1) is 7.43. The summed E-state index contributed by atoms with van der Waals surface area (Å²) in [7, 11) is 3.65. The maximum Gasteiger partial charge on any atom is 0.106 e. The summed E-state index contributed by atoms with van der Waals surface area (Å²) >= 11 is 0. The fourth-order valence-electron chi connectivity index (χ4n) is 1.16. The third-order valence-electron chi connectivity index (χ3n) is 1.96. The van der Waals surface area contributed by atoms with Crippen molar-refractivity contribution in [1.29, 1.82) is 0 Å². The van der Waals surface area contributed by atoms with Crippen LogP contribution in [-0.4, -0.2) is 17.3 Å². The predicted molar refractivity (Wildman–Crippen MR) is 70.1 cm³/mol. The number of pyridine rings is 1. The van der Waals surface area contributed by atoms with Crippen LogP contribution in [0.2, 0.25) is 0 Å². The van der Waals surface area contributed by atoms with Gasteiger partial charge < -0.3 is 5.73 Å². The molecule has 1 heterocycles. The molecule has 0 aliphatic rings. The van der Waals surface area contributed by atoms with Crippen LogP contribution in [0.5, 0.6) is 0 Å². The molecule has 15 heavy (non-hydrogen) atoms. The molecular weight excluding hydrogens is 224 g/mol. The van der Waals surface area contributed by atoms with E-state index in [2.05, 4.69) is 4.98 Å². The third kappa shape index (κ3) is 6.82. The standard InChI is InChI=1S/C11H18N2S2/c12-8-4-1-2-6-10-14-15-11-7-3-5-9-13-11/h3,5,7,9H,1-2,4,6,8,10,12H2. The number of hydrogen-bond acceptors (Lipinski definition) is 4. The number of nitrogens with two attached hydrogens (primary N) is 1. The Bertz CT molecular complexity index is 242. The van der Waals surface area contributed by atoms with Crippen molar-refractivity contribution in [2.75, 3.05) is 12.3 Å². The van der Waals surface area contributed by atoms with Gasteiger partial charge in [0.1, 0.15) is 5.03 Å². The lowest BCUT2D eigenvalue weighted by molar-refractivity contribution is 0.678. The Morgan fingerprint density at radius 1 is 1.13 bits per heavy atom. The van der Waals surface area contributed by atoms with E-state index >= 15 is 0 Å². The largest absolute Gasteiger partial charge is 0.330 e. The summed E-state index contributed by atoms with van der Waals surface area (Å²) in [6, 6.07) is 6.02. The molecule has 0 bridgehead atoms. The van der Waals surface area contributed by atoms with Gasteiger partial charge in [0.25, 0.3) is 0 Å². The number of aromatic nitrogens is 1. The molecule has 1 rings (SSSR count).